The molecule has 0 atom stereocenters. The Morgan fingerprint density at radius 3 is 2.80 bits per heavy atom. The first-order valence-corrected chi connectivity index (χ1v) is 5.15. The third kappa shape index (κ3) is 2.99. The van der Waals surface area contributed by atoms with Crippen molar-refractivity contribution in [1.82, 2.24) is 4.98 Å². The van der Waals surface area contributed by atoms with Crippen LogP contribution in [0, 0.1) is 11.4 Å². The van der Waals surface area contributed by atoms with E-state index in [1.165, 1.54) is 6.20 Å². The molecule has 1 aromatic rings. The zero-order valence-electron chi connectivity index (χ0n) is 8.42. The SMILES string of the molecule is CC(C)(Cc1cc(Br)cnc1F)C(=O)O. The summed E-state index contributed by atoms with van der Waals surface area (Å²) in [4.78, 5) is 14.4. The molecular weight excluding hydrogens is 265 g/mol. The molecule has 1 heterocycles. The number of nitrogens with zero attached hydrogens (tertiary/aromatic N) is 1. The second-order valence-electron chi connectivity index (χ2n) is 3.97. The third-order valence-corrected chi connectivity index (χ3v) is 2.52. The molecule has 3 nitrogen and oxygen atoms in total. The van der Waals surface area contributed by atoms with Gasteiger partial charge in [-0.05, 0) is 42.3 Å². The van der Waals surface area contributed by atoms with E-state index < -0.39 is 17.3 Å². The molecule has 0 fully saturated rings. The number of rotatable bonds is 3. The molecule has 0 saturated heterocycles. The fourth-order valence-corrected chi connectivity index (χ4v) is 1.52. The van der Waals surface area contributed by atoms with Crippen LogP contribution in [0.5, 0.6) is 0 Å². The van der Waals surface area contributed by atoms with Crippen molar-refractivity contribution in [2.24, 2.45) is 5.41 Å². The van der Waals surface area contributed by atoms with E-state index >= 15 is 0 Å². The molecule has 1 rings (SSSR count). The molecule has 0 aliphatic rings. The van der Waals surface area contributed by atoms with Crippen molar-refractivity contribution in [2.45, 2.75) is 20.3 Å². The van der Waals surface area contributed by atoms with Gasteiger partial charge in [-0.25, -0.2) is 4.98 Å². The van der Waals surface area contributed by atoms with Crippen LogP contribution in [-0.2, 0) is 11.2 Å². The van der Waals surface area contributed by atoms with Gasteiger partial charge in [0.1, 0.15) is 0 Å². The number of aromatic nitrogens is 1. The van der Waals surface area contributed by atoms with Crippen LogP contribution in [0.3, 0.4) is 0 Å². The Balaban J connectivity index is 2.99. The maximum atomic E-state index is 13.2. The highest BCUT2D eigenvalue weighted by molar-refractivity contribution is 9.10. The molecule has 0 aliphatic heterocycles. The van der Waals surface area contributed by atoms with Gasteiger partial charge in [0, 0.05) is 16.2 Å². The fourth-order valence-electron chi connectivity index (χ4n) is 1.14. The minimum atomic E-state index is -0.997. The first-order valence-electron chi connectivity index (χ1n) is 4.36. The highest BCUT2D eigenvalue weighted by atomic mass is 79.9. The predicted molar refractivity (Wildman–Crippen MR) is 57.0 cm³/mol. The molecule has 0 spiro atoms. The largest absolute Gasteiger partial charge is 0.481 e. The van der Waals surface area contributed by atoms with E-state index in [0.29, 0.717) is 10.0 Å². The summed E-state index contributed by atoms with van der Waals surface area (Å²) < 4.78 is 13.9. The van der Waals surface area contributed by atoms with Crippen molar-refractivity contribution < 1.29 is 14.3 Å². The Morgan fingerprint density at radius 1 is 1.67 bits per heavy atom. The van der Waals surface area contributed by atoms with E-state index in [1.807, 2.05) is 0 Å². The fraction of sp³-hybridized carbons (Fsp3) is 0.400. The highest BCUT2D eigenvalue weighted by Gasteiger charge is 2.28. The van der Waals surface area contributed by atoms with Gasteiger partial charge in [0.15, 0.2) is 0 Å². The first-order chi connectivity index (χ1) is 6.83. The van der Waals surface area contributed by atoms with Gasteiger partial charge in [-0.1, -0.05) is 0 Å². The van der Waals surface area contributed by atoms with Crippen LogP contribution in [0.25, 0.3) is 0 Å². The topological polar surface area (TPSA) is 50.2 Å². The first kappa shape index (κ1) is 12.1. The molecule has 15 heavy (non-hydrogen) atoms. The quantitative estimate of drug-likeness (QED) is 0.863. The predicted octanol–water partition coefficient (Wildman–Crippen LogP) is 2.64. The number of pyridine rings is 1. The molecule has 82 valence electrons. The molecule has 1 aromatic heterocycles. The Kier molecular flexibility index (Phi) is 3.44. The van der Waals surface area contributed by atoms with E-state index in [2.05, 4.69) is 20.9 Å². The van der Waals surface area contributed by atoms with Crippen LogP contribution in [-0.4, -0.2) is 16.1 Å². The van der Waals surface area contributed by atoms with E-state index in [4.69, 9.17) is 5.11 Å². The minimum absolute atomic E-state index is 0.112. The summed E-state index contributed by atoms with van der Waals surface area (Å²) in [6, 6.07) is 1.55. The normalized spacial score (nSPS) is 11.5. The maximum absolute atomic E-state index is 13.2. The number of hydrogen-bond donors (Lipinski definition) is 1. The Bertz CT molecular complexity index is 393. The zero-order chi connectivity index (χ0) is 11.6. The van der Waals surface area contributed by atoms with Crippen LogP contribution < -0.4 is 0 Å². The lowest BCUT2D eigenvalue weighted by atomic mass is 9.86. The maximum Gasteiger partial charge on any atom is 0.309 e. The van der Waals surface area contributed by atoms with Crippen LogP contribution in [0.2, 0.25) is 0 Å². The molecule has 5 heteroatoms. The molecule has 0 bridgehead atoms. The number of halogens is 2. The van der Waals surface area contributed by atoms with Crippen molar-refractivity contribution in [3.8, 4) is 0 Å². The van der Waals surface area contributed by atoms with Crippen LogP contribution in [0.1, 0.15) is 19.4 Å². The van der Waals surface area contributed by atoms with Gasteiger partial charge in [-0.15, -0.1) is 0 Å². The van der Waals surface area contributed by atoms with Gasteiger partial charge >= 0.3 is 5.97 Å². The minimum Gasteiger partial charge on any atom is -0.481 e. The summed E-state index contributed by atoms with van der Waals surface area (Å²) in [5.74, 6) is -1.57. The van der Waals surface area contributed by atoms with Gasteiger partial charge in [-0.3, -0.25) is 4.79 Å². The highest BCUT2D eigenvalue weighted by Crippen LogP contribution is 2.24. The number of carboxylic acid groups (broad SMARTS) is 1. The summed E-state index contributed by atoms with van der Waals surface area (Å²) >= 11 is 3.16. The smallest absolute Gasteiger partial charge is 0.309 e. The van der Waals surface area contributed by atoms with Crippen LogP contribution in [0.15, 0.2) is 16.7 Å². The molecule has 0 unspecified atom stereocenters. The number of hydrogen-bond acceptors (Lipinski definition) is 2. The van der Waals surface area contributed by atoms with Gasteiger partial charge in [0.25, 0.3) is 0 Å². The third-order valence-electron chi connectivity index (χ3n) is 2.09. The average Bonchev–Trinajstić information content (AvgIpc) is 2.10. The summed E-state index contributed by atoms with van der Waals surface area (Å²) in [6.07, 6.45) is 1.45. The van der Waals surface area contributed by atoms with Crippen LogP contribution >= 0.6 is 15.9 Å². The summed E-state index contributed by atoms with van der Waals surface area (Å²) in [5, 5.41) is 8.91. The van der Waals surface area contributed by atoms with E-state index in [9.17, 15) is 9.18 Å². The summed E-state index contributed by atoms with van der Waals surface area (Å²) in [6.45, 7) is 3.10. The Hall–Kier alpha value is -0.970. The Morgan fingerprint density at radius 2 is 2.27 bits per heavy atom. The molecule has 0 aromatic carbocycles. The van der Waals surface area contributed by atoms with Crippen molar-refractivity contribution in [1.29, 1.82) is 0 Å². The molecule has 0 amide bonds. The Labute approximate surface area is 95.5 Å². The molecular formula is C10H11BrFNO2. The lowest BCUT2D eigenvalue weighted by Crippen LogP contribution is -2.26. The van der Waals surface area contributed by atoms with Crippen molar-refractivity contribution in [2.75, 3.05) is 0 Å². The number of carbonyl (C=O) groups is 1. The monoisotopic (exact) mass is 275 g/mol. The second kappa shape index (κ2) is 4.26. The lowest BCUT2D eigenvalue weighted by Gasteiger charge is -2.18. The van der Waals surface area contributed by atoms with E-state index in [1.54, 1.807) is 19.9 Å². The van der Waals surface area contributed by atoms with Gasteiger partial charge in [0.05, 0.1) is 5.41 Å². The molecule has 0 saturated carbocycles. The number of aliphatic carboxylic acids is 1. The average molecular weight is 276 g/mol. The standard InChI is InChI=1S/C10H11BrFNO2/c1-10(2,9(14)15)4-6-3-7(11)5-13-8(6)12/h3,5H,4H2,1-2H3,(H,14,15). The zero-order valence-corrected chi connectivity index (χ0v) is 10.0. The number of carboxylic acids is 1. The van der Waals surface area contributed by atoms with E-state index in [-0.39, 0.29) is 6.42 Å². The van der Waals surface area contributed by atoms with Crippen molar-refractivity contribution >= 4 is 21.9 Å². The van der Waals surface area contributed by atoms with Crippen molar-refractivity contribution in [3.63, 3.8) is 0 Å². The molecule has 0 radical (unpaired) electrons. The lowest BCUT2D eigenvalue weighted by molar-refractivity contribution is -0.146. The van der Waals surface area contributed by atoms with Gasteiger partial charge in [0.2, 0.25) is 5.95 Å². The van der Waals surface area contributed by atoms with Gasteiger partial charge in [-0.2, -0.15) is 4.39 Å². The second-order valence-corrected chi connectivity index (χ2v) is 4.88. The van der Waals surface area contributed by atoms with E-state index in [0.717, 1.165) is 0 Å². The summed E-state index contributed by atoms with van der Waals surface area (Å²) in [7, 11) is 0. The summed E-state index contributed by atoms with van der Waals surface area (Å²) in [5.41, 5.74) is -0.694. The van der Waals surface area contributed by atoms with Crippen molar-refractivity contribution in [3.05, 3.63) is 28.2 Å². The van der Waals surface area contributed by atoms with Gasteiger partial charge < -0.3 is 5.11 Å². The molecule has 1 N–H and O–H groups in total. The van der Waals surface area contributed by atoms with Crippen LogP contribution in [0.4, 0.5) is 4.39 Å². The molecule has 0 aliphatic carbocycles.